The van der Waals surface area contributed by atoms with Gasteiger partial charge in [0, 0.05) is 26.6 Å². The number of ether oxygens (including phenoxy) is 1. The zero-order chi connectivity index (χ0) is 16.6. The van der Waals surface area contributed by atoms with Crippen LogP contribution in [0.25, 0.3) is 5.70 Å². The van der Waals surface area contributed by atoms with Crippen molar-refractivity contribution < 1.29 is 9.53 Å². The third-order valence-corrected chi connectivity index (χ3v) is 5.02. The lowest BCUT2D eigenvalue weighted by Crippen LogP contribution is -2.44. The molecule has 120 valence electrons. The molecule has 1 aromatic heterocycles. The summed E-state index contributed by atoms with van der Waals surface area (Å²) >= 11 is 6.07. The summed E-state index contributed by atoms with van der Waals surface area (Å²) in [7, 11) is 1.74. The molecule has 1 aliphatic heterocycles. The van der Waals surface area contributed by atoms with Crippen LogP contribution in [0, 0.1) is 12.3 Å². The fourth-order valence-corrected chi connectivity index (χ4v) is 3.34. The molecule has 0 spiro atoms. The van der Waals surface area contributed by atoms with Crippen molar-refractivity contribution >= 4 is 23.1 Å². The van der Waals surface area contributed by atoms with Crippen molar-refractivity contribution in [3.8, 4) is 12.3 Å². The Morgan fingerprint density at radius 3 is 2.70 bits per heavy atom. The molecule has 2 heterocycles. The molecule has 0 N–H and O–H groups in total. The van der Waals surface area contributed by atoms with Crippen molar-refractivity contribution in [3.63, 3.8) is 0 Å². The Kier molecular flexibility index (Phi) is 4.18. The van der Waals surface area contributed by atoms with E-state index in [0.717, 1.165) is 42.9 Å². The van der Waals surface area contributed by atoms with Gasteiger partial charge in [-0.15, -0.1) is 6.42 Å². The van der Waals surface area contributed by atoms with Crippen molar-refractivity contribution in [1.29, 1.82) is 0 Å². The molecule has 0 unspecified atom stereocenters. The van der Waals surface area contributed by atoms with Gasteiger partial charge in [0.15, 0.2) is 5.78 Å². The lowest BCUT2D eigenvalue weighted by atomic mass is 9.88. The second-order valence-electron chi connectivity index (χ2n) is 6.25. The number of piperidine rings is 1. The fraction of sp³-hybridized carbons (Fsp3) is 0.444. The second-order valence-corrected chi connectivity index (χ2v) is 6.64. The fourth-order valence-electron chi connectivity index (χ4n) is 3.19. The van der Waals surface area contributed by atoms with Crippen LogP contribution in [0.15, 0.2) is 17.7 Å². The van der Waals surface area contributed by atoms with Crippen molar-refractivity contribution in [2.24, 2.45) is 0 Å². The van der Waals surface area contributed by atoms with E-state index in [1.807, 2.05) is 6.07 Å². The molecule has 4 nitrogen and oxygen atoms in total. The number of carbonyl (C=O) groups is 1. The van der Waals surface area contributed by atoms with Crippen LogP contribution in [0.5, 0.6) is 0 Å². The molecule has 0 aromatic carbocycles. The summed E-state index contributed by atoms with van der Waals surface area (Å²) < 4.78 is 5.59. The summed E-state index contributed by atoms with van der Waals surface area (Å²) in [5.74, 6) is 2.54. The van der Waals surface area contributed by atoms with Crippen LogP contribution in [0.3, 0.4) is 0 Å². The molecule has 0 atom stereocenters. The van der Waals surface area contributed by atoms with E-state index >= 15 is 0 Å². The number of allylic oxidation sites excluding steroid dienone is 1. The average Bonchev–Trinajstić information content (AvgIpc) is 2.55. The maximum Gasteiger partial charge on any atom is 0.177 e. The Hall–Kier alpha value is -1.83. The summed E-state index contributed by atoms with van der Waals surface area (Å²) in [5, 5.41) is 0.408. The van der Waals surface area contributed by atoms with Crippen LogP contribution in [0.4, 0.5) is 0 Å². The number of carbonyl (C=O) groups excluding carboxylic acids is 1. The first-order valence-corrected chi connectivity index (χ1v) is 8.05. The predicted molar refractivity (Wildman–Crippen MR) is 89.9 cm³/mol. The van der Waals surface area contributed by atoms with Gasteiger partial charge in [-0.1, -0.05) is 23.6 Å². The molecule has 0 bridgehead atoms. The molecule has 1 aliphatic carbocycles. The summed E-state index contributed by atoms with van der Waals surface area (Å²) in [4.78, 5) is 19.0. The first-order valence-electron chi connectivity index (χ1n) is 7.67. The van der Waals surface area contributed by atoms with Crippen LogP contribution in [-0.4, -0.2) is 41.5 Å². The predicted octanol–water partition coefficient (Wildman–Crippen LogP) is 2.71. The number of aromatic nitrogens is 1. The van der Waals surface area contributed by atoms with E-state index in [1.165, 1.54) is 0 Å². The molecule has 0 radical (unpaired) electrons. The van der Waals surface area contributed by atoms with E-state index in [1.54, 1.807) is 13.2 Å². The minimum Gasteiger partial charge on any atom is -0.378 e. The van der Waals surface area contributed by atoms with Crippen LogP contribution >= 0.6 is 11.6 Å². The minimum absolute atomic E-state index is 0.0285. The number of hydrogen-bond donors (Lipinski definition) is 0. The highest BCUT2D eigenvalue weighted by Crippen LogP contribution is 2.35. The van der Waals surface area contributed by atoms with E-state index in [-0.39, 0.29) is 17.8 Å². The molecular weight excluding hydrogens is 312 g/mol. The van der Waals surface area contributed by atoms with Crippen molar-refractivity contribution in [2.75, 3.05) is 20.2 Å². The van der Waals surface area contributed by atoms with Gasteiger partial charge in [-0.05, 0) is 31.4 Å². The number of likely N-dealkylation sites (tertiary alicyclic amines) is 1. The van der Waals surface area contributed by atoms with E-state index < -0.39 is 0 Å². The van der Waals surface area contributed by atoms with Crippen LogP contribution in [0.1, 0.15) is 31.0 Å². The average molecular weight is 331 g/mol. The number of methoxy groups -OCH3 is 1. The Bertz CT molecular complexity index is 725. The molecule has 1 aromatic rings. The Balaban J connectivity index is 2.03. The molecule has 3 rings (SSSR count). The summed E-state index contributed by atoms with van der Waals surface area (Å²) in [6, 6.07) is 3.57. The first-order chi connectivity index (χ1) is 11.0. The van der Waals surface area contributed by atoms with Crippen LogP contribution in [0.2, 0.25) is 5.15 Å². The van der Waals surface area contributed by atoms with E-state index in [2.05, 4.69) is 22.7 Å². The van der Waals surface area contributed by atoms with Crippen molar-refractivity contribution in [2.45, 2.75) is 31.8 Å². The van der Waals surface area contributed by atoms with Gasteiger partial charge in [0.05, 0.1) is 22.6 Å². The smallest absolute Gasteiger partial charge is 0.177 e. The van der Waals surface area contributed by atoms with E-state index in [9.17, 15) is 4.79 Å². The number of halogens is 1. The SMILES string of the molecule is C#CC1=C(N2CCC(C)(OC)CC2)c2nc(Cl)ccc2CC1=O. The normalized spacial score (nSPS) is 20.3. The maximum absolute atomic E-state index is 12.4. The standard InChI is InChI=1S/C18H19ClN2O2/c1-4-13-14(22)11-12-5-6-15(19)20-16(12)17(13)21-9-7-18(2,23-3)8-10-21/h1,5-6H,7-11H2,2-3H3. The van der Waals surface area contributed by atoms with Crippen molar-refractivity contribution in [1.82, 2.24) is 9.88 Å². The summed E-state index contributed by atoms with van der Waals surface area (Å²) in [5.41, 5.74) is 2.66. The maximum atomic E-state index is 12.4. The quantitative estimate of drug-likeness (QED) is 0.617. The van der Waals surface area contributed by atoms with Gasteiger partial charge < -0.3 is 9.64 Å². The number of rotatable bonds is 2. The number of nitrogens with zero attached hydrogens (tertiary/aromatic N) is 2. The largest absolute Gasteiger partial charge is 0.378 e. The van der Waals surface area contributed by atoms with Crippen LogP contribution in [-0.2, 0) is 16.0 Å². The topological polar surface area (TPSA) is 42.4 Å². The Labute approximate surface area is 141 Å². The molecule has 2 aliphatic rings. The van der Waals surface area contributed by atoms with Gasteiger partial charge in [0.25, 0.3) is 0 Å². The molecule has 5 heteroatoms. The molecule has 1 saturated heterocycles. The highest BCUT2D eigenvalue weighted by Gasteiger charge is 2.35. The highest BCUT2D eigenvalue weighted by atomic mass is 35.5. The Morgan fingerprint density at radius 1 is 1.39 bits per heavy atom. The van der Waals surface area contributed by atoms with Crippen LogP contribution < -0.4 is 0 Å². The van der Waals surface area contributed by atoms with Gasteiger partial charge in [-0.2, -0.15) is 0 Å². The molecule has 1 fully saturated rings. The third-order valence-electron chi connectivity index (χ3n) is 4.81. The van der Waals surface area contributed by atoms with E-state index in [0.29, 0.717) is 10.7 Å². The first kappa shape index (κ1) is 16.0. The van der Waals surface area contributed by atoms with Gasteiger partial charge in [0.2, 0.25) is 0 Å². The summed E-state index contributed by atoms with van der Waals surface area (Å²) in [6.07, 6.45) is 7.65. The number of pyridine rings is 1. The number of terminal acetylenes is 1. The number of hydrogen-bond acceptors (Lipinski definition) is 4. The second kappa shape index (κ2) is 5.99. The number of fused-ring (bicyclic) bond motifs is 1. The Morgan fingerprint density at radius 2 is 2.09 bits per heavy atom. The molecule has 0 amide bonds. The monoisotopic (exact) mass is 330 g/mol. The number of ketones is 1. The highest BCUT2D eigenvalue weighted by molar-refractivity contribution is 6.29. The molecule has 0 saturated carbocycles. The zero-order valence-corrected chi connectivity index (χ0v) is 14.1. The van der Waals surface area contributed by atoms with Gasteiger partial charge in [0.1, 0.15) is 5.15 Å². The summed E-state index contributed by atoms with van der Waals surface area (Å²) in [6.45, 7) is 3.65. The van der Waals surface area contributed by atoms with Gasteiger partial charge in [-0.3, -0.25) is 4.79 Å². The minimum atomic E-state index is -0.128. The molecule has 23 heavy (non-hydrogen) atoms. The molecular formula is C18H19ClN2O2. The van der Waals surface area contributed by atoms with Gasteiger partial charge >= 0.3 is 0 Å². The lowest BCUT2D eigenvalue weighted by molar-refractivity contribution is -0.114. The van der Waals surface area contributed by atoms with Crippen molar-refractivity contribution in [3.05, 3.63) is 34.1 Å². The lowest BCUT2D eigenvalue weighted by Gasteiger charge is -2.41. The third kappa shape index (κ3) is 2.87. The zero-order valence-electron chi connectivity index (χ0n) is 13.4. The van der Waals surface area contributed by atoms with E-state index in [4.69, 9.17) is 22.8 Å². The number of Topliss-reactive ketones (excluding diaryl/α,β-unsaturated/α-hetero) is 1. The van der Waals surface area contributed by atoms with Gasteiger partial charge in [-0.25, -0.2) is 4.98 Å².